The van der Waals surface area contributed by atoms with Gasteiger partial charge in [-0.3, -0.25) is 19.9 Å². The zero-order chi connectivity index (χ0) is 29.1. The van der Waals surface area contributed by atoms with Crippen molar-refractivity contribution < 1.29 is 19.2 Å². The van der Waals surface area contributed by atoms with Crippen LogP contribution in [0.3, 0.4) is 0 Å². The molecule has 3 fully saturated rings. The van der Waals surface area contributed by atoms with Crippen LogP contribution in [-0.4, -0.2) is 93.7 Å². The van der Waals surface area contributed by atoms with Crippen molar-refractivity contribution in [3.8, 4) is 0 Å². The van der Waals surface area contributed by atoms with Gasteiger partial charge in [0.15, 0.2) is 5.13 Å². The highest BCUT2D eigenvalue weighted by molar-refractivity contribution is 7.14. The number of carbonyl (C=O) groups excluding carboxylic acids is 4. The number of piperazine rings is 1. The average molecular weight is 584 g/mol. The van der Waals surface area contributed by atoms with Crippen molar-refractivity contribution in [3.63, 3.8) is 0 Å². The van der Waals surface area contributed by atoms with E-state index in [1.165, 1.54) is 23.7 Å². The summed E-state index contributed by atoms with van der Waals surface area (Å²) < 4.78 is 0. The van der Waals surface area contributed by atoms with E-state index in [4.69, 9.17) is 5.84 Å². The Balaban J connectivity index is 1.34. The fraction of sp³-hybridized carbons (Fsp3) is 0.593. The Morgan fingerprint density at radius 1 is 1.10 bits per heavy atom. The molecule has 13 nitrogen and oxygen atoms in total. The second-order valence-electron chi connectivity index (χ2n) is 11.4. The van der Waals surface area contributed by atoms with E-state index in [0.717, 1.165) is 42.3 Å². The summed E-state index contributed by atoms with van der Waals surface area (Å²) in [6, 6.07) is -0.817. The number of nitrogens with one attached hydrogen (secondary N) is 1. The number of hydrogen-bond acceptors (Lipinski definition) is 11. The molecule has 3 N–H and O–H groups in total. The maximum absolute atomic E-state index is 13.8. The normalized spacial score (nSPS) is 17.8. The van der Waals surface area contributed by atoms with E-state index in [-0.39, 0.29) is 17.3 Å². The van der Waals surface area contributed by atoms with Crippen molar-refractivity contribution in [2.24, 2.45) is 17.7 Å². The third-order valence-electron chi connectivity index (χ3n) is 7.56. The van der Waals surface area contributed by atoms with Crippen LogP contribution in [0, 0.1) is 11.8 Å². The number of nitrogens with zero attached hydrogens (tertiary/aromatic N) is 7. The van der Waals surface area contributed by atoms with Crippen LogP contribution in [0.25, 0.3) is 0 Å². The molecule has 220 valence electrons. The van der Waals surface area contributed by atoms with Crippen LogP contribution >= 0.6 is 11.3 Å². The van der Waals surface area contributed by atoms with Crippen molar-refractivity contribution in [1.82, 2.24) is 30.2 Å². The molecule has 3 heterocycles. The molecule has 2 saturated carbocycles. The SMILES string of the molecule is CC(C)CN(c1nc(C(=O)N(C(=O)c2cnc(N3CCN(C(=O)NN)CC3)nc2)[C@H](C=O)CC2CC2)cs1)C1CC1. The molecule has 2 aliphatic carbocycles. The minimum atomic E-state index is -0.899. The first-order valence-electron chi connectivity index (χ1n) is 14.2. The molecule has 14 heteroatoms. The lowest BCUT2D eigenvalue weighted by Gasteiger charge is -2.34. The van der Waals surface area contributed by atoms with Gasteiger partial charge >= 0.3 is 6.03 Å². The number of carbonyl (C=O) groups is 4. The molecule has 0 radical (unpaired) electrons. The summed E-state index contributed by atoms with van der Waals surface area (Å²) in [6.07, 6.45) is 8.03. The van der Waals surface area contributed by atoms with Gasteiger partial charge in [-0.1, -0.05) is 26.7 Å². The molecule has 3 aliphatic rings. The lowest BCUT2D eigenvalue weighted by Crippen LogP contribution is -2.53. The molecule has 1 atom stereocenters. The summed E-state index contributed by atoms with van der Waals surface area (Å²) in [5.74, 6) is 5.16. The van der Waals surface area contributed by atoms with E-state index < -0.39 is 17.9 Å². The summed E-state index contributed by atoms with van der Waals surface area (Å²) in [7, 11) is 0. The summed E-state index contributed by atoms with van der Waals surface area (Å²) in [4.78, 5) is 71.7. The van der Waals surface area contributed by atoms with Crippen LogP contribution < -0.4 is 21.1 Å². The molecule has 5 rings (SSSR count). The molecular formula is C27H37N9O4S. The number of hydrogen-bond donors (Lipinski definition) is 2. The summed E-state index contributed by atoms with van der Waals surface area (Å²) in [6.45, 7) is 7.03. The van der Waals surface area contributed by atoms with E-state index >= 15 is 0 Å². The van der Waals surface area contributed by atoms with Gasteiger partial charge in [-0.2, -0.15) is 0 Å². The Bertz CT molecular complexity index is 1250. The monoisotopic (exact) mass is 583 g/mol. The quantitative estimate of drug-likeness (QED) is 0.132. The maximum atomic E-state index is 13.8. The lowest BCUT2D eigenvalue weighted by atomic mass is 10.1. The number of aldehydes is 1. The van der Waals surface area contributed by atoms with Crippen LogP contribution in [0.2, 0.25) is 0 Å². The maximum Gasteiger partial charge on any atom is 0.331 e. The number of amides is 4. The molecule has 0 spiro atoms. The third-order valence-corrected chi connectivity index (χ3v) is 8.44. The van der Waals surface area contributed by atoms with Gasteiger partial charge in [-0.15, -0.1) is 11.3 Å². The van der Waals surface area contributed by atoms with E-state index in [2.05, 4.69) is 39.1 Å². The Hall–Kier alpha value is -3.65. The molecule has 0 unspecified atom stereocenters. The first kappa shape index (κ1) is 28.9. The van der Waals surface area contributed by atoms with E-state index in [0.29, 0.717) is 62.7 Å². The molecular weight excluding hydrogens is 546 g/mol. The first-order chi connectivity index (χ1) is 19.8. The number of aromatic nitrogens is 3. The largest absolute Gasteiger partial charge is 0.345 e. The lowest BCUT2D eigenvalue weighted by molar-refractivity contribution is -0.111. The fourth-order valence-electron chi connectivity index (χ4n) is 5.03. The highest BCUT2D eigenvalue weighted by Crippen LogP contribution is 2.36. The number of anilines is 2. The highest BCUT2D eigenvalue weighted by Gasteiger charge is 2.38. The molecule has 4 amide bonds. The number of thiazole rings is 1. The molecule has 1 aliphatic heterocycles. The number of imide groups is 1. The van der Waals surface area contributed by atoms with E-state index in [1.54, 1.807) is 10.3 Å². The topological polar surface area (TPSA) is 158 Å². The van der Waals surface area contributed by atoms with Gasteiger partial charge in [0.05, 0.1) is 11.6 Å². The molecule has 2 aromatic heterocycles. The summed E-state index contributed by atoms with van der Waals surface area (Å²) >= 11 is 1.39. The van der Waals surface area contributed by atoms with Crippen molar-refractivity contribution in [3.05, 3.63) is 29.0 Å². The van der Waals surface area contributed by atoms with E-state index in [1.807, 2.05) is 4.90 Å². The molecule has 41 heavy (non-hydrogen) atoms. The molecule has 0 aromatic carbocycles. The smallest absolute Gasteiger partial charge is 0.331 e. The Morgan fingerprint density at radius 2 is 1.78 bits per heavy atom. The number of nitrogens with two attached hydrogens (primary N) is 1. The van der Waals surface area contributed by atoms with Crippen LogP contribution in [0.5, 0.6) is 0 Å². The van der Waals surface area contributed by atoms with Gasteiger partial charge in [-0.25, -0.2) is 25.6 Å². The van der Waals surface area contributed by atoms with E-state index in [9.17, 15) is 19.2 Å². The first-order valence-corrected chi connectivity index (χ1v) is 15.0. The summed E-state index contributed by atoms with van der Waals surface area (Å²) in [5, 5.41) is 2.44. The van der Waals surface area contributed by atoms with Gasteiger partial charge in [0.25, 0.3) is 11.8 Å². The zero-order valence-corrected chi connectivity index (χ0v) is 24.3. The second kappa shape index (κ2) is 12.5. The highest BCUT2D eigenvalue weighted by atomic mass is 32.1. The van der Waals surface area contributed by atoms with Crippen molar-refractivity contribution in [1.29, 1.82) is 0 Å². The van der Waals surface area contributed by atoms with Crippen molar-refractivity contribution >= 4 is 46.5 Å². The number of urea groups is 1. The molecule has 1 saturated heterocycles. The predicted octanol–water partition coefficient (Wildman–Crippen LogP) is 1.91. The van der Waals surface area contributed by atoms with Gasteiger partial charge in [0.1, 0.15) is 12.0 Å². The minimum Gasteiger partial charge on any atom is -0.345 e. The summed E-state index contributed by atoms with van der Waals surface area (Å²) in [5.41, 5.74) is 2.40. The van der Waals surface area contributed by atoms with Gasteiger partial charge in [0, 0.05) is 56.5 Å². The standard InChI is InChI=1S/C27H37N9O4S/c1-17(2)14-35(20-5-6-20)27-31-22(16-41-27)24(39)36(21(15-37)11-18-3-4-18)23(38)19-12-29-25(30-13-19)33-7-9-34(10-8-33)26(40)32-28/h12-13,15-18,20-21H,3-11,14,28H2,1-2H3,(H,32,40)/t21-/m0/s1. The van der Waals surface area contributed by atoms with Crippen LogP contribution in [0.4, 0.5) is 15.9 Å². The second-order valence-corrected chi connectivity index (χ2v) is 12.2. The van der Waals surface area contributed by atoms with Crippen LogP contribution in [-0.2, 0) is 4.79 Å². The Morgan fingerprint density at radius 3 is 2.34 bits per heavy atom. The number of rotatable bonds is 11. The van der Waals surface area contributed by atoms with Crippen LogP contribution in [0.15, 0.2) is 17.8 Å². The zero-order valence-electron chi connectivity index (χ0n) is 23.4. The Labute approximate surface area is 243 Å². The van der Waals surface area contributed by atoms with Gasteiger partial charge in [0.2, 0.25) is 5.95 Å². The minimum absolute atomic E-state index is 0.112. The average Bonchev–Trinajstić information content (AvgIpc) is 3.93. The number of hydrazine groups is 1. The molecule has 2 aromatic rings. The third kappa shape index (κ3) is 6.81. The molecule has 0 bridgehead atoms. The van der Waals surface area contributed by atoms with Gasteiger partial charge in [-0.05, 0) is 31.1 Å². The van der Waals surface area contributed by atoms with Gasteiger partial charge < -0.3 is 19.5 Å². The predicted molar refractivity (Wildman–Crippen MR) is 154 cm³/mol. The fourth-order valence-corrected chi connectivity index (χ4v) is 5.91. The Kier molecular flexibility index (Phi) is 8.78. The van der Waals surface area contributed by atoms with Crippen LogP contribution in [0.1, 0.15) is 66.8 Å². The van der Waals surface area contributed by atoms with Crippen molar-refractivity contribution in [2.45, 2.75) is 58.0 Å². The van der Waals surface area contributed by atoms with Crippen molar-refractivity contribution in [2.75, 3.05) is 42.5 Å².